The van der Waals surface area contributed by atoms with Crippen LogP contribution in [-0.2, 0) is 0 Å². The minimum absolute atomic E-state index is 0.00244. The first kappa shape index (κ1) is 17.9. The number of hydrogen-bond donors (Lipinski definition) is 1. The van der Waals surface area contributed by atoms with Crippen LogP contribution in [0.3, 0.4) is 0 Å². The van der Waals surface area contributed by atoms with Gasteiger partial charge in [-0.2, -0.15) is 0 Å². The molecule has 0 radical (unpaired) electrons. The highest BCUT2D eigenvalue weighted by molar-refractivity contribution is 5.99. The molecule has 2 heterocycles. The quantitative estimate of drug-likeness (QED) is 0.862. The summed E-state index contributed by atoms with van der Waals surface area (Å²) in [4.78, 5) is 43.0. The van der Waals surface area contributed by atoms with Crippen molar-refractivity contribution in [3.8, 4) is 0 Å². The molecule has 1 aliphatic heterocycles. The summed E-state index contributed by atoms with van der Waals surface area (Å²) in [5.41, 5.74) is 3.73. The van der Waals surface area contributed by atoms with Gasteiger partial charge in [0.25, 0.3) is 11.8 Å². The van der Waals surface area contributed by atoms with E-state index in [1.54, 1.807) is 22.1 Å². The molecule has 136 valence electrons. The number of nitrogens with one attached hydrogen (secondary N) is 1. The number of benzene rings is 1. The number of Topliss-reactive ketones (excluding diaryl/α,β-unsaturated/α-hetero) is 1. The van der Waals surface area contributed by atoms with Gasteiger partial charge in [-0.15, -0.1) is 0 Å². The number of hydrogen-bond acceptors (Lipinski definition) is 3. The predicted octanol–water partition coefficient (Wildman–Crippen LogP) is 2.43. The Balaban J connectivity index is 1.63. The first-order valence-corrected chi connectivity index (χ1v) is 8.71. The van der Waals surface area contributed by atoms with Crippen LogP contribution in [-0.4, -0.2) is 58.6 Å². The van der Waals surface area contributed by atoms with E-state index in [1.165, 1.54) is 6.92 Å². The van der Waals surface area contributed by atoms with Crippen molar-refractivity contribution in [1.82, 2.24) is 14.8 Å². The third-order valence-electron chi connectivity index (χ3n) is 4.64. The van der Waals surface area contributed by atoms with Gasteiger partial charge >= 0.3 is 0 Å². The van der Waals surface area contributed by atoms with E-state index >= 15 is 0 Å². The zero-order chi connectivity index (χ0) is 18.8. The number of carbonyl (C=O) groups is 3. The van der Waals surface area contributed by atoms with Crippen LogP contribution < -0.4 is 0 Å². The molecule has 0 atom stereocenters. The maximum atomic E-state index is 12.7. The third kappa shape index (κ3) is 3.69. The molecule has 3 rings (SSSR count). The number of aryl methyl sites for hydroxylation is 2. The van der Waals surface area contributed by atoms with Gasteiger partial charge in [-0.3, -0.25) is 14.4 Å². The van der Waals surface area contributed by atoms with Crippen LogP contribution in [0.4, 0.5) is 0 Å². The molecule has 0 unspecified atom stereocenters. The SMILES string of the molecule is CC(=O)c1c[nH]c(C(=O)N2CCN(C(=O)c3cc(C)cc(C)c3)CC2)c1. The molecular formula is C20H23N3O3. The molecule has 0 saturated carbocycles. The van der Waals surface area contributed by atoms with Crippen molar-refractivity contribution in [3.63, 3.8) is 0 Å². The van der Waals surface area contributed by atoms with Crippen LogP contribution in [0.2, 0.25) is 0 Å². The van der Waals surface area contributed by atoms with Crippen molar-refractivity contribution in [1.29, 1.82) is 0 Å². The number of amides is 2. The van der Waals surface area contributed by atoms with Gasteiger partial charge in [0.05, 0.1) is 0 Å². The monoisotopic (exact) mass is 353 g/mol. The summed E-state index contributed by atoms with van der Waals surface area (Å²) in [6.07, 6.45) is 1.55. The average molecular weight is 353 g/mol. The standard InChI is InChI=1S/C20H23N3O3/c1-13-8-14(2)10-16(9-13)19(25)22-4-6-23(7-5-22)20(26)18-11-17(12-21-18)15(3)24/h8-12,21H,4-7H2,1-3H3. The number of nitrogens with zero attached hydrogens (tertiary/aromatic N) is 2. The van der Waals surface area contributed by atoms with Crippen LogP contribution in [0.5, 0.6) is 0 Å². The Labute approximate surface area is 152 Å². The summed E-state index contributed by atoms with van der Waals surface area (Å²) in [5.74, 6) is -0.220. The first-order chi connectivity index (χ1) is 12.3. The number of aromatic amines is 1. The van der Waals surface area contributed by atoms with Crippen molar-refractivity contribution in [2.75, 3.05) is 26.2 Å². The Morgan fingerprint density at radius 2 is 1.35 bits per heavy atom. The highest BCUT2D eigenvalue weighted by Gasteiger charge is 2.26. The predicted molar refractivity (Wildman–Crippen MR) is 98.5 cm³/mol. The van der Waals surface area contributed by atoms with Crippen molar-refractivity contribution in [2.45, 2.75) is 20.8 Å². The minimum atomic E-state index is -0.143. The molecule has 6 heteroatoms. The average Bonchev–Trinajstić information content (AvgIpc) is 3.10. The Hall–Kier alpha value is -2.89. The molecule has 1 aliphatic rings. The largest absolute Gasteiger partial charge is 0.356 e. The number of H-pyrrole nitrogens is 1. The number of ketones is 1. The topological polar surface area (TPSA) is 73.5 Å². The van der Waals surface area contributed by atoms with Gasteiger partial charge in [-0.25, -0.2) is 0 Å². The van der Waals surface area contributed by atoms with Gasteiger partial charge in [0, 0.05) is 43.5 Å². The maximum absolute atomic E-state index is 12.7. The van der Waals surface area contributed by atoms with Crippen molar-refractivity contribution in [3.05, 3.63) is 58.4 Å². The lowest BCUT2D eigenvalue weighted by molar-refractivity contribution is 0.0532. The van der Waals surface area contributed by atoms with Gasteiger partial charge < -0.3 is 14.8 Å². The van der Waals surface area contributed by atoms with E-state index in [1.807, 2.05) is 32.0 Å². The first-order valence-electron chi connectivity index (χ1n) is 8.71. The Kier molecular flexibility index (Phi) is 4.93. The summed E-state index contributed by atoms with van der Waals surface area (Å²) in [5, 5.41) is 0. The molecule has 1 saturated heterocycles. The van der Waals surface area contributed by atoms with Crippen molar-refractivity contribution < 1.29 is 14.4 Å². The van der Waals surface area contributed by atoms with Gasteiger partial charge in [0.2, 0.25) is 0 Å². The number of piperazine rings is 1. The molecule has 0 bridgehead atoms. The van der Waals surface area contributed by atoms with Crippen LogP contribution in [0.1, 0.15) is 49.3 Å². The summed E-state index contributed by atoms with van der Waals surface area (Å²) < 4.78 is 0. The second-order valence-electron chi connectivity index (χ2n) is 6.82. The zero-order valence-corrected chi connectivity index (χ0v) is 15.3. The molecule has 26 heavy (non-hydrogen) atoms. The molecular weight excluding hydrogens is 330 g/mol. The fraction of sp³-hybridized carbons (Fsp3) is 0.350. The van der Waals surface area contributed by atoms with Crippen molar-refractivity contribution >= 4 is 17.6 Å². The van der Waals surface area contributed by atoms with Crippen molar-refractivity contribution in [2.24, 2.45) is 0 Å². The van der Waals surface area contributed by atoms with Crippen LogP contribution in [0.25, 0.3) is 0 Å². The number of aromatic nitrogens is 1. The summed E-state index contributed by atoms with van der Waals surface area (Å²) in [7, 11) is 0. The maximum Gasteiger partial charge on any atom is 0.270 e. The van der Waals surface area contributed by atoms with E-state index in [2.05, 4.69) is 4.98 Å². The number of carbonyl (C=O) groups excluding carboxylic acids is 3. The lowest BCUT2D eigenvalue weighted by Gasteiger charge is -2.34. The van der Waals surface area contributed by atoms with Crippen LogP contribution in [0, 0.1) is 13.8 Å². The van der Waals surface area contributed by atoms with Crippen LogP contribution in [0.15, 0.2) is 30.5 Å². The highest BCUT2D eigenvalue weighted by atomic mass is 16.2. The third-order valence-corrected chi connectivity index (χ3v) is 4.64. The van der Waals surface area contributed by atoms with Gasteiger partial charge in [-0.05, 0) is 39.0 Å². The Morgan fingerprint density at radius 1 is 0.808 bits per heavy atom. The van der Waals surface area contributed by atoms with E-state index < -0.39 is 0 Å². The molecule has 2 amide bonds. The molecule has 0 aliphatic carbocycles. The van der Waals surface area contributed by atoms with E-state index in [0.29, 0.717) is 43.0 Å². The lowest BCUT2D eigenvalue weighted by atomic mass is 10.1. The van der Waals surface area contributed by atoms with E-state index in [-0.39, 0.29) is 17.6 Å². The Morgan fingerprint density at radius 3 is 1.85 bits per heavy atom. The van der Waals surface area contributed by atoms with E-state index in [4.69, 9.17) is 0 Å². The summed E-state index contributed by atoms with van der Waals surface area (Å²) in [6, 6.07) is 7.42. The molecule has 2 aromatic rings. The second-order valence-corrected chi connectivity index (χ2v) is 6.82. The van der Waals surface area contributed by atoms with Gasteiger partial charge in [0.15, 0.2) is 5.78 Å². The van der Waals surface area contributed by atoms with Crippen LogP contribution >= 0.6 is 0 Å². The molecule has 1 aromatic carbocycles. The zero-order valence-electron chi connectivity index (χ0n) is 15.3. The Bertz CT molecular complexity index is 841. The summed E-state index contributed by atoms with van der Waals surface area (Å²) >= 11 is 0. The molecule has 1 aromatic heterocycles. The molecule has 1 N–H and O–H groups in total. The molecule has 0 spiro atoms. The lowest BCUT2D eigenvalue weighted by Crippen LogP contribution is -2.50. The number of rotatable bonds is 3. The fourth-order valence-corrected chi connectivity index (χ4v) is 3.28. The normalized spacial score (nSPS) is 14.4. The minimum Gasteiger partial charge on any atom is -0.356 e. The summed E-state index contributed by atoms with van der Waals surface area (Å²) in [6.45, 7) is 7.37. The highest BCUT2D eigenvalue weighted by Crippen LogP contribution is 2.15. The molecule has 1 fully saturated rings. The smallest absolute Gasteiger partial charge is 0.270 e. The molecule has 6 nitrogen and oxygen atoms in total. The van der Waals surface area contributed by atoms with E-state index in [9.17, 15) is 14.4 Å². The van der Waals surface area contributed by atoms with Gasteiger partial charge in [-0.1, -0.05) is 17.2 Å². The fourth-order valence-electron chi connectivity index (χ4n) is 3.28. The second kappa shape index (κ2) is 7.15. The van der Waals surface area contributed by atoms with Gasteiger partial charge in [0.1, 0.15) is 5.69 Å². The van der Waals surface area contributed by atoms with E-state index in [0.717, 1.165) is 11.1 Å².